The number of thioether (sulfide) groups is 1. The summed E-state index contributed by atoms with van der Waals surface area (Å²) in [5, 5.41) is 20.5. The van der Waals surface area contributed by atoms with Crippen LogP contribution in [0, 0.1) is 0 Å². The van der Waals surface area contributed by atoms with E-state index >= 15 is 0 Å². The van der Waals surface area contributed by atoms with Gasteiger partial charge in [0.25, 0.3) is 0 Å². The summed E-state index contributed by atoms with van der Waals surface area (Å²) in [6.45, 7) is 0. The second-order valence-corrected chi connectivity index (χ2v) is 7.64. The monoisotopic (exact) mass is 461 g/mol. The van der Waals surface area contributed by atoms with Crippen molar-refractivity contribution in [2.45, 2.75) is 24.3 Å². The number of nitrogens with one attached hydrogen (secondary N) is 2. The number of carboxylic acids is 2. The predicted octanol–water partition coefficient (Wildman–Crippen LogP) is 0.947. The van der Waals surface area contributed by atoms with Crippen LogP contribution in [0.25, 0.3) is 0 Å². The molecule has 32 heavy (non-hydrogen) atoms. The Morgan fingerprint density at radius 1 is 1.25 bits per heavy atom. The molecule has 2 atom stereocenters. The van der Waals surface area contributed by atoms with E-state index in [9.17, 15) is 29.4 Å². The Morgan fingerprint density at radius 2 is 1.97 bits per heavy atom. The number of hydrogen-bond acceptors (Lipinski definition) is 8. The zero-order chi connectivity index (χ0) is 23.5. The molecule has 1 aliphatic rings. The smallest absolute Gasteiger partial charge is 0.354 e. The molecule has 170 valence electrons. The van der Waals surface area contributed by atoms with Crippen LogP contribution in [-0.4, -0.2) is 64.0 Å². The van der Waals surface area contributed by atoms with Gasteiger partial charge in [0.15, 0.2) is 6.04 Å². The molecule has 11 heteroatoms. The van der Waals surface area contributed by atoms with Gasteiger partial charge in [0.2, 0.25) is 5.91 Å². The van der Waals surface area contributed by atoms with Gasteiger partial charge in [-0.05, 0) is 11.1 Å². The fourth-order valence-corrected chi connectivity index (χ4v) is 3.89. The molecular weight excluding hydrogens is 438 g/mol. The van der Waals surface area contributed by atoms with E-state index in [0.29, 0.717) is 5.57 Å². The van der Waals surface area contributed by atoms with Crippen LogP contribution in [0.1, 0.15) is 12.0 Å². The number of benzene rings is 1. The lowest BCUT2D eigenvalue weighted by atomic mass is 10.1. The largest absolute Gasteiger partial charge is 0.480 e. The number of hydroxylamine groups is 1. The molecule has 0 saturated carbocycles. The summed E-state index contributed by atoms with van der Waals surface area (Å²) in [5.74, 6) is -3.48. The molecule has 0 aromatic heterocycles. The van der Waals surface area contributed by atoms with Crippen LogP contribution in [-0.2, 0) is 30.4 Å². The van der Waals surface area contributed by atoms with E-state index in [4.69, 9.17) is 0 Å². The Balaban J connectivity index is 2.12. The number of allylic oxidation sites excluding steroid dienone is 2. The molecule has 0 aliphatic carbocycles. The molecule has 0 fully saturated rings. The van der Waals surface area contributed by atoms with Crippen LogP contribution < -0.4 is 10.8 Å². The number of carbonyl (C=O) groups is 4. The third-order valence-corrected chi connectivity index (χ3v) is 5.38. The minimum Gasteiger partial charge on any atom is -0.480 e. The van der Waals surface area contributed by atoms with E-state index in [2.05, 4.69) is 20.6 Å². The predicted molar refractivity (Wildman–Crippen MR) is 118 cm³/mol. The molecule has 0 saturated heterocycles. The highest BCUT2D eigenvalue weighted by atomic mass is 32.2. The zero-order valence-corrected chi connectivity index (χ0v) is 18.0. The SMILES string of the molecule is CNOC(=O)CC=CC=C1CSC(C(NC(=O)Cc2ccccc2)C(=O)O)N=C1C(=O)O. The molecule has 1 aromatic carbocycles. The van der Waals surface area contributed by atoms with E-state index in [1.165, 1.54) is 25.3 Å². The molecule has 1 heterocycles. The number of aliphatic carboxylic acids is 2. The number of carbonyl (C=O) groups excluding carboxylic acids is 2. The van der Waals surface area contributed by atoms with E-state index < -0.39 is 35.2 Å². The highest BCUT2D eigenvalue weighted by molar-refractivity contribution is 8.00. The maximum atomic E-state index is 12.3. The maximum absolute atomic E-state index is 12.3. The van der Waals surface area contributed by atoms with Crippen molar-refractivity contribution in [2.75, 3.05) is 12.8 Å². The van der Waals surface area contributed by atoms with Crippen molar-refractivity contribution in [1.82, 2.24) is 10.8 Å². The average molecular weight is 461 g/mol. The number of amides is 1. The van der Waals surface area contributed by atoms with Crippen LogP contribution in [0.2, 0.25) is 0 Å². The highest BCUT2D eigenvalue weighted by Gasteiger charge is 2.34. The maximum Gasteiger partial charge on any atom is 0.354 e. The first-order valence-electron chi connectivity index (χ1n) is 9.53. The van der Waals surface area contributed by atoms with E-state index in [0.717, 1.165) is 17.3 Å². The first-order valence-corrected chi connectivity index (χ1v) is 10.6. The standard InChI is InChI=1S/C21H23N3O7S/c1-22-31-16(26)10-6-5-9-14-12-32-19(24-17(14)20(27)28)18(21(29)30)23-15(25)11-13-7-3-2-4-8-13/h2-9,18-19,22H,10-12H2,1H3,(H,23,25)(H,27,28)(H,29,30). The minimum atomic E-state index is -1.39. The van der Waals surface area contributed by atoms with Crippen LogP contribution in [0.5, 0.6) is 0 Å². The lowest BCUT2D eigenvalue weighted by molar-refractivity contribution is -0.148. The van der Waals surface area contributed by atoms with Gasteiger partial charge in [0.05, 0.1) is 12.8 Å². The second kappa shape index (κ2) is 12.4. The van der Waals surface area contributed by atoms with Gasteiger partial charge in [-0.15, -0.1) is 11.8 Å². The molecule has 1 aliphatic heterocycles. The molecule has 2 unspecified atom stereocenters. The summed E-state index contributed by atoms with van der Waals surface area (Å²) in [5.41, 5.74) is 3.04. The van der Waals surface area contributed by atoms with Crippen molar-refractivity contribution in [3.05, 3.63) is 59.7 Å². The van der Waals surface area contributed by atoms with Crippen LogP contribution in [0.15, 0.2) is 59.1 Å². The van der Waals surface area contributed by atoms with Crippen LogP contribution in [0.4, 0.5) is 0 Å². The molecule has 4 N–H and O–H groups in total. The molecule has 0 bridgehead atoms. The summed E-state index contributed by atoms with van der Waals surface area (Å²) in [4.78, 5) is 55.6. The zero-order valence-electron chi connectivity index (χ0n) is 17.2. The van der Waals surface area contributed by atoms with Gasteiger partial charge in [0, 0.05) is 12.8 Å². The highest BCUT2D eigenvalue weighted by Crippen LogP contribution is 2.27. The molecule has 2 rings (SSSR count). The lowest BCUT2D eigenvalue weighted by Crippen LogP contribution is -2.49. The molecule has 1 aromatic rings. The van der Waals surface area contributed by atoms with Crippen LogP contribution in [0.3, 0.4) is 0 Å². The molecule has 0 radical (unpaired) electrons. The van der Waals surface area contributed by atoms with Crippen molar-refractivity contribution < 1.29 is 34.2 Å². The van der Waals surface area contributed by atoms with E-state index in [1.807, 2.05) is 0 Å². The number of carboxylic acid groups (broad SMARTS) is 2. The Morgan fingerprint density at radius 3 is 2.59 bits per heavy atom. The fourth-order valence-electron chi connectivity index (χ4n) is 2.75. The van der Waals surface area contributed by atoms with Crippen molar-refractivity contribution in [2.24, 2.45) is 4.99 Å². The first-order chi connectivity index (χ1) is 15.3. The molecular formula is C21H23N3O7S. The van der Waals surface area contributed by atoms with Gasteiger partial charge in [-0.1, -0.05) is 48.6 Å². The van der Waals surface area contributed by atoms with Gasteiger partial charge in [-0.25, -0.2) is 9.59 Å². The summed E-state index contributed by atoms with van der Waals surface area (Å²) >= 11 is 1.10. The number of nitrogens with zero attached hydrogens (tertiary/aromatic N) is 1. The number of rotatable bonds is 10. The van der Waals surface area contributed by atoms with E-state index in [-0.39, 0.29) is 24.3 Å². The van der Waals surface area contributed by atoms with Crippen molar-refractivity contribution in [3.63, 3.8) is 0 Å². The Kier molecular flexibility index (Phi) is 9.64. The summed E-state index contributed by atoms with van der Waals surface area (Å²) in [7, 11) is 1.45. The second-order valence-electron chi connectivity index (χ2n) is 6.53. The Labute approximate surface area is 188 Å². The normalized spacial score (nSPS) is 18.1. The number of hydrogen-bond donors (Lipinski definition) is 4. The lowest BCUT2D eigenvalue weighted by Gasteiger charge is -2.26. The minimum absolute atomic E-state index is 0.0105. The van der Waals surface area contributed by atoms with Gasteiger partial charge in [0.1, 0.15) is 11.1 Å². The van der Waals surface area contributed by atoms with Gasteiger partial charge in [-0.3, -0.25) is 14.6 Å². The third kappa shape index (κ3) is 7.67. The molecule has 1 amide bonds. The van der Waals surface area contributed by atoms with E-state index in [1.54, 1.807) is 30.3 Å². The molecule has 10 nitrogen and oxygen atoms in total. The first kappa shape index (κ1) is 24.8. The summed E-state index contributed by atoms with van der Waals surface area (Å²) in [6.07, 6.45) is 4.46. The van der Waals surface area contributed by atoms with Crippen molar-refractivity contribution in [1.29, 1.82) is 0 Å². The van der Waals surface area contributed by atoms with Crippen molar-refractivity contribution in [3.8, 4) is 0 Å². The van der Waals surface area contributed by atoms with Crippen LogP contribution >= 0.6 is 11.8 Å². The Hall–Kier alpha value is -3.44. The quantitative estimate of drug-likeness (QED) is 0.373. The van der Waals surface area contributed by atoms with Gasteiger partial charge >= 0.3 is 17.9 Å². The van der Waals surface area contributed by atoms with Crippen molar-refractivity contribution >= 4 is 41.3 Å². The number of aliphatic imine (C=N–C) groups is 1. The third-order valence-electron chi connectivity index (χ3n) is 4.18. The summed E-state index contributed by atoms with van der Waals surface area (Å²) in [6, 6.07) is 7.44. The topological polar surface area (TPSA) is 154 Å². The van der Waals surface area contributed by atoms with Gasteiger partial charge in [-0.2, -0.15) is 5.48 Å². The Bertz CT molecular complexity index is 944. The average Bonchev–Trinajstić information content (AvgIpc) is 2.76. The molecule has 0 spiro atoms. The fraction of sp³-hybridized carbons (Fsp3) is 0.286. The van der Waals surface area contributed by atoms with Gasteiger partial charge < -0.3 is 20.4 Å². The summed E-state index contributed by atoms with van der Waals surface area (Å²) < 4.78 is 0.